The Morgan fingerprint density at radius 1 is 0.964 bits per heavy atom. The van der Waals surface area contributed by atoms with Gasteiger partial charge in [-0.15, -0.1) is 0 Å². The molecule has 0 bridgehead atoms. The van der Waals surface area contributed by atoms with E-state index in [-0.39, 0.29) is 37.6 Å². The normalized spacial score (nSPS) is 10.4. The Morgan fingerprint density at radius 3 is 2.25 bits per heavy atom. The number of hydrogen-bond acceptors (Lipinski definition) is 4. The van der Waals surface area contributed by atoms with Gasteiger partial charge in [0.05, 0.1) is 7.11 Å². The lowest BCUT2D eigenvalue weighted by Crippen LogP contribution is -2.35. The number of nitrogens with zero attached hydrogens (tertiary/aromatic N) is 1. The number of halogens is 1. The summed E-state index contributed by atoms with van der Waals surface area (Å²) in [6.07, 6.45) is 0.107. The van der Waals surface area contributed by atoms with E-state index in [1.54, 1.807) is 30.3 Å². The molecule has 0 saturated carbocycles. The topological polar surface area (TPSA) is 63.7 Å². The molecular weight excluding hydrogens is 378 g/mol. The van der Waals surface area contributed by atoms with E-state index in [0.29, 0.717) is 10.6 Å². The van der Waals surface area contributed by atoms with Gasteiger partial charge in [-0.25, -0.2) is 0 Å². The summed E-state index contributed by atoms with van der Waals surface area (Å²) in [6, 6.07) is 12.5. The van der Waals surface area contributed by atoms with Crippen LogP contribution < -0.4 is 0 Å². The second kappa shape index (κ2) is 10.0. The molecule has 0 saturated heterocycles. The summed E-state index contributed by atoms with van der Waals surface area (Å²) >= 11 is 5.89. The van der Waals surface area contributed by atoms with E-state index in [4.69, 9.17) is 11.6 Å². The third-order valence-electron chi connectivity index (χ3n) is 4.58. The molecule has 0 heterocycles. The van der Waals surface area contributed by atoms with Gasteiger partial charge in [0.1, 0.15) is 6.54 Å². The molecule has 0 aliphatic rings. The third kappa shape index (κ3) is 6.20. The molecule has 0 N–H and O–H groups in total. The zero-order valence-electron chi connectivity index (χ0n) is 16.3. The van der Waals surface area contributed by atoms with E-state index >= 15 is 0 Å². The van der Waals surface area contributed by atoms with Gasteiger partial charge in [-0.3, -0.25) is 14.4 Å². The minimum Gasteiger partial charge on any atom is -0.468 e. The van der Waals surface area contributed by atoms with Crippen LogP contribution in [-0.2, 0) is 20.9 Å². The van der Waals surface area contributed by atoms with Crippen LogP contribution in [0.1, 0.15) is 39.9 Å². The molecule has 5 nitrogen and oxygen atoms in total. The molecule has 0 radical (unpaired) electrons. The molecule has 0 spiro atoms. The fraction of sp³-hybridized carbons (Fsp3) is 0.318. The first-order valence-corrected chi connectivity index (χ1v) is 9.37. The van der Waals surface area contributed by atoms with Crippen LogP contribution in [-0.4, -0.2) is 36.2 Å². The van der Waals surface area contributed by atoms with Crippen LogP contribution in [0.4, 0.5) is 0 Å². The number of rotatable bonds is 8. The van der Waals surface area contributed by atoms with Crippen LogP contribution in [0.3, 0.4) is 0 Å². The quantitative estimate of drug-likeness (QED) is 0.493. The van der Waals surface area contributed by atoms with E-state index in [9.17, 15) is 14.4 Å². The Balaban J connectivity index is 2.04. The van der Waals surface area contributed by atoms with Crippen molar-refractivity contribution in [1.82, 2.24) is 4.90 Å². The van der Waals surface area contributed by atoms with Gasteiger partial charge < -0.3 is 9.64 Å². The smallest absolute Gasteiger partial charge is 0.325 e. The molecule has 148 valence electrons. The first-order chi connectivity index (χ1) is 13.3. The summed E-state index contributed by atoms with van der Waals surface area (Å²) < 4.78 is 4.69. The van der Waals surface area contributed by atoms with Gasteiger partial charge in [-0.05, 0) is 48.7 Å². The molecule has 0 aliphatic heterocycles. The van der Waals surface area contributed by atoms with Crippen molar-refractivity contribution in [3.63, 3.8) is 0 Å². The van der Waals surface area contributed by atoms with Crippen LogP contribution >= 0.6 is 11.6 Å². The summed E-state index contributed by atoms with van der Waals surface area (Å²) in [6.45, 7) is 3.99. The molecule has 0 aromatic heterocycles. The maximum absolute atomic E-state index is 12.7. The number of hydrogen-bond donors (Lipinski definition) is 0. The number of ether oxygens (including phenoxy) is 1. The summed E-state index contributed by atoms with van der Waals surface area (Å²) in [5.74, 6) is -0.888. The van der Waals surface area contributed by atoms with E-state index in [0.717, 1.165) is 16.7 Å². The van der Waals surface area contributed by atoms with Gasteiger partial charge in [0.25, 0.3) is 0 Å². The van der Waals surface area contributed by atoms with Crippen LogP contribution in [0.5, 0.6) is 0 Å². The van der Waals surface area contributed by atoms with E-state index in [1.807, 2.05) is 26.0 Å². The predicted octanol–water partition coefficient (Wildman–Crippen LogP) is 4.12. The highest BCUT2D eigenvalue weighted by molar-refractivity contribution is 6.30. The van der Waals surface area contributed by atoms with Crippen molar-refractivity contribution in [2.45, 2.75) is 33.2 Å². The van der Waals surface area contributed by atoms with Crippen LogP contribution in [0, 0.1) is 13.8 Å². The summed E-state index contributed by atoms with van der Waals surface area (Å²) in [5.41, 5.74) is 3.57. The Hall–Kier alpha value is -2.66. The molecule has 6 heteroatoms. The first-order valence-electron chi connectivity index (χ1n) is 8.99. The molecule has 2 aromatic rings. The summed E-state index contributed by atoms with van der Waals surface area (Å²) in [5, 5.41) is 0.591. The van der Waals surface area contributed by atoms with E-state index < -0.39 is 5.97 Å². The molecule has 28 heavy (non-hydrogen) atoms. The Labute approximate surface area is 170 Å². The molecule has 0 aliphatic carbocycles. The average Bonchev–Trinajstić information content (AvgIpc) is 2.68. The minimum atomic E-state index is -0.511. The maximum Gasteiger partial charge on any atom is 0.325 e. The molecule has 2 rings (SSSR count). The van der Waals surface area contributed by atoms with Gasteiger partial charge in [-0.1, -0.05) is 35.9 Å². The molecule has 0 fully saturated rings. The standard InChI is InChI=1S/C22H24ClNO4/c1-15-4-7-18(12-16(15)2)20(25)10-11-21(26)24(14-22(27)28-3)13-17-5-8-19(23)9-6-17/h4-9,12H,10-11,13-14H2,1-3H3. The van der Waals surface area contributed by atoms with Gasteiger partial charge in [0.2, 0.25) is 5.91 Å². The molecule has 1 amide bonds. The highest BCUT2D eigenvalue weighted by Crippen LogP contribution is 2.15. The number of carbonyl (C=O) groups excluding carboxylic acids is 3. The van der Waals surface area contributed by atoms with Gasteiger partial charge in [0, 0.05) is 30.0 Å². The number of methoxy groups -OCH3 is 1. The zero-order chi connectivity index (χ0) is 20.7. The Morgan fingerprint density at radius 2 is 1.64 bits per heavy atom. The van der Waals surface area contributed by atoms with Gasteiger partial charge in [-0.2, -0.15) is 0 Å². The molecule has 2 aromatic carbocycles. The Bertz CT molecular complexity index is 861. The lowest BCUT2D eigenvalue weighted by molar-refractivity contribution is -0.147. The number of benzene rings is 2. The monoisotopic (exact) mass is 401 g/mol. The summed E-state index contributed by atoms with van der Waals surface area (Å²) in [4.78, 5) is 38.2. The highest BCUT2D eigenvalue weighted by atomic mass is 35.5. The highest BCUT2D eigenvalue weighted by Gasteiger charge is 2.19. The van der Waals surface area contributed by atoms with Crippen molar-refractivity contribution in [2.24, 2.45) is 0 Å². The first kappa shape index (κ1) is 21.6. The van der Waals surface area contributed by atoms with Crippen molar-refractivity contribution in [3.8, 4) is 0 Å². The minimum absolute atomic E-state index is 0.0241. The fourth-order valence-electron chi connectivity index (χ4n) is 2.70. The van der Waals surface area contributed by atoms with Crippen LogP contribution in [0.25, 0.3) is 0 Å². The largest absolute Gasteiger partial charge is 0.468 e. The van der Waals surface area contributed by atoms with E-state index in [2.05, 4.69) is 4.74 Å². The number of aryl methyl sites for hydroxylation is 2. The van der Waals surface area contributed by atoms with Crippen molar-refractivity contribution in [3.05, 3.63) is 69.7 Å². The number of Topliss-reactive ketones (excluding diaryl/α,β-unsaturated/α-hetero) is 1. The molecular formula is C22H24ClNO4. The number of carbonyl (C=O) groups is 3. The maximum atomic E-state index is 12.7. The second-order valence-corrected chi connectivity index (χ2v) is 7.11. The lowest BCUT2D eigenvalue weighted by atomic mass is 10.0. The SMILES string of the molecule is COC(=O)CN(Cc1ccc(Cl)cc1)C(=O)CCC(=O)c1ccc(C)c(C)c1. The van der Waals surface area contributed by atoms with Crippen molar-refractivity contribution >= 4 is 29.3 Å². The third-order valence-corrected chi connectivity index (χ3v) is 4.83. The van der Waals surface area contributed by atoms with E-state index in [1.165, 1.54) is 12.0 Å². The van der Waals surface area contributed by atoms with Crippen LogP contribution in [0.15, 0.2) is 42.5 Å². The average molecular weight is 402 g/mol. The Kier molecular flexibility index (Phi) is 7.76. The zero-order valence-corrected chi connectivity index (χ0v) is 17.1. The van der Waals surface area contributed by atoms with Crippen LogP contribution in [0.2, 0.25) is 5.02 Å². The van der Waals surface area contributed by atoms with Gasteiger partial charge in [0.15, 0.2) is 5.78 Å². The number of esters is 1. The molecule has 0 unspecified atom stereocenters. The number of ketones is 1. The summed E-state index contributed by atoms with van der Waals surface area (Å²) in [7, 11) is 1.27. The lowest BCUT2D eigenvalue weighted by Gasteiger charge is -2.21. The van der Waals surface area contributed by atoms with Gasteiger partial charge >= 0.3 is 5.97 Å². The van der Waals surface area contributed by atoms with Crippen molar-refractivity contribution < 1.29 is 19.1 Å². The predicted molar refractivity (Wildman–Crippen MR) is 108 cm³/mol. The fourth-order valence-corrected chi connectivity index (χ4v) is 2.83. The number of amides is 1. The van der Waals surface area contributed by atoms with Crippen molar-refractivity contribution in [2.75, 3.05) is 13.7 Å². The second-order valence-electron chi connectivity index (χ2n) is 6.67. The van der Waals surface area contributed by atoms with Crippen molar-refractivity contribution in [1.29, 1.82) is 0 Å². The molecule has 0 atom stereocenters.